The number of carbonyl (C=O) groups is 1. The van der Waals surface area contributed by atoms with Crippen molar-refractivity contribution in [2.45, 2.75) is 26.3 Å². The molecule has 0 saturated heterocycles. The van der Waals surface area contributed by atoms with Gasteiger partial charge in [0.05, 0.1) is 5.52 Å². The van der Waals surface area contributed by atoms with Crippen LogP contribution >= 0.6 is 11.6 Å². The van der Waals surface area contributed by atoms with Gasteiger partial charge in [-0.05, 0) is 36.2 Å². The lowest BCUT2D eigenvalue weighted by Crippen LogP contribution is -2.33. The molecule has 27 heavy (non-hydrogen) atoms. The number of fused-ring (bicyclic) bond motifs is 1. The van der Waals surface area contributed by atoms with E-state index in [1.807, 2.05) is 6.92 Å². The van der Waals surface area contributed by atoms with Crippen LogP contribution in [0.25, 0.3) is 22.3 Å². The highest BCUT2D eigenvalue weighted by Crippen LogP contribution is 2.26. The van der Waals surface area contributed by atoms with Crippen LogP contribution in [-0.4, -0.2) is 26.6 Å². The van der Waals surface area contributed by atoms with E-state index in [1.165, 1.54) is 21.3 Å². The minimum atomic E-state index is -0.451. The second-order valence-corrected chi connectivity index (χ2v) is 6.79. The number of halogens is 2. The monoisotopic (exact) mass is 390 g/mol. The molecule has 0 unspecified atom stereocenters. The SMILES string of the molecule is CCCCNC(=O)Cn1c(=O)n(C)c2cc(-c3cc(F)cc(Cl)c3)cnc21. The van der Waals surface area contributed by atoms with Gasteiger partial charge in [0.2, 0.25) is 5.91 Å². The van der Waals surface area contributed by atoms with Gasteiger partial charge in [-0.2, -0.15) is 0 Å². The minimum Gasteiger partial charge on any atom is -0.355 e. The third kappa shape index (κ3) is 4.03. The highest BCUT2D eigenvalue weighted by molar-refractivity contribution is 6.30. The molecule has 0 atom stereocenters. The van der Waals surface area contributed by atoms with E-state index in [9.17, 15) is 14.0 Å². The van der Waals surface area contributed by atoms with Gasteiger partial charge in [-0.1, -0.05) is 24.9 Å². The van der Waals surface area contributed by atoms with Crippen molar-refractivity contribution in [3.8, 4) is 11.1 Å². The average molecular weight is 391 g/mol. The summed E-state index contributed by atoms with van der Waals surface area (Å²) in [6, 6.07) is 5.94. The van der Waals surface area contributed by atoms with Crippen molar-refractivity contribution in [1.29, 1.82) is 0 Å². The summed E-state index contributed by atoms with van der Waals surface area (Å²) in [5, 5.41) is 3.07. The molecule has 1 N–H and O–H groups in total. The van der Waals surface area contributed by atoms with E-state index in [0.29, 0.717) is 28.8 Å². The van der Waals surface area contributed by atoms with Gasteiger partial charge in [-0.15, -0.1) is 0 Å². The summed E-state index contributed by atoms with van der Waals surface area (Å²) >= 11 is 5.92. The van der Waals surface area contributed by atoms with Crippen LogP contribution in [0, 0.1) is 5.82 Å². The predicted octanol–water partition coefficient (Wildman–Crippen LogP) is 3.11. The molecule has 3 rings (SSSR count). The number of amides is 1. The molecule has 1 aromatic carbocycles. The first-order valence-corrected chi connectivity index (χ1v) is 9.07. The van der Waals surface area contributed by atoms with Gasteiger partial charge in [-0.3, -0.25) is 13.9 Å². The summed E-state index contributed by atoms with van der Waals surface area (Å²) in [4.78, 5) is 29.0. The van der Waals surface area contributed by atoms with E-state index in [0.717, 1.165) is 12.8 Å². The van der Waals surface area contributed by atoms with Gasteiger partial charge in [0.15, 0.2) is 5.65 Å². The van der Waals surface area contributed by atoms with Crippen molar-refractivity contribution in [2.24, 2.45) is 7.05 Å². The summed E-state index contributed by atoms with van der Waals surface area (Å²) in [6.07, 6.45) is 3.40. The number of carbonyl (C=O) groups excluding carboxylic acids is 1. The first-order valence-electron chi connectivity index (χ1n) is 8.69. The van der Waals surface area contributed by atoms with Crippen molar-refractivity contribution >= 4 is 28.7 Å². The number of rotatable bonds is 6. The zero-order valence-electron chi connectivity index (χ0n) is 15.1. The van der Waals surface area contributed by atoms with Crippen LogP contribution in [0.4, 0.5) is 4.39 Å². The zero-order chi connectivity index (χ0) is 19.6. The van der Waals surface area contributed by atoms with Crippen LogP contribution in [-0.2, 0) is 18.4 Å². The van der Waals surface area contributed by atoms with Gasteiger partial charge in [0.1, 0.15) is 12.4 Å². The summed E-state index contributed by atoms with van der Waals surface area (Å²) < 4.78 is 16.4. The summed E-state index contributed by atoms with van der Waals surface area (Å²) in [5.74, 6) is -0.686. The van der Waals surface area contributed by atoms with Gasteiger partial charge < -0.3 is 5.32 Å². The number of unbranched alkanes of at least 4 members (excludes halogenated alkanes) is 1. The molecule has 0 fully saturated rings. The Labute approximate surface area is 160 Å². The maximum absolute atomic E-state index is 13.6. The summed E-state index contributed by atoms with van der Waals surface area (Å²) in [7, 11) is 1.61. The second-order valence-electron chi connectivity index (χ2n) is 6.36. The van der Waals surface area contributed by atoms with E-state index < -0.39 is 5.82 Å². The molecule has 8 heteroatoms. The van der Waals surface area contributed by atoms with Crippen LogP contribution in [0.2, 0.25) is 5.02 Å². The summed E-state index contributed by atoms with van der Waals surface area (Å²) in [6.45, 7) is 2.51. The van der Waals surface area contributed by atoms with Gasteiger partial charge in [-0.25, -0.2) is 14.2 Å². The lowest BCUT2D eigenvalue weighted by molar-refractivity contribution is -0.121. The van der Waals surface area contributed by atoms with Crippen molar-refractivity contribution in [2.75, 3.05) is 6.54 Å². The number of nitrogens with zero attached hydrogens (tertiary/aromatic N) is 3. The maximum Gasteiger partial charge on any atom is 0.330 e. The normalized spacial score (nSPS) is 11.1. The highest BCUT2D eigenvalue weighted by Gasteiger charge is 2.16. The molecule has 3 aromatic rings. The molecule has 0 saturated carbocycles. The summed E-state index contributed by atoms with van der Waals surface area (Å²) in [5.41, 5.74) is 1.81. The van der Waals surface area contributed by atoms with E-state index in [4.69, 9.17) is 11.6 Å². The molecule has 2 heterocycles. The van der Waals surface area contributed by atoms with Crippen LogP contribution in [0.5, 0.6) is 0 Å². The molecule has 1 amide bonds. The van der Waals surface area contributed by atoms with Crippen LogP contribution in [0.15, 0.2) is 35.3 Å². The van der Waals surface area contributed by atoms with Crippen molar-refractivity contribution in [3.63, 3.8) is 0 Å². The number of benzene rings is 1. The fraction of sp³-hybridized carbons (Fsp3) is 0.316. The Morgan fingerprint density at radius 3 is 2.74 bits per heavy atom. The van der Waals surface area contributed by atoms with Gasteiger partial charge in [0, 0.05) is 30.4 Å². The predicted molar refractivity (Wildman–Crippen MR) is 103 cm³/mol. The fourth-order valence-electron chi connectivity index (χ4n) is 2.90. The average Bonchev–Trinajstić information content (AvgIpc) is 2.86. The Morgan fingerprint density at radius 1 is 1.26 bits per heavy atom. The zero-order valence-corrected chi connectivity index (χ0v) is 15.9. The van der Waals surface area contributed by atoms with Crippen LogP contribution in [0.1, 0.15) is 19.8 Å². The molecule has 0 radical (unpaired) electrons. The first-order chi connectivity index (χ1) is 12.9. The topological polar surface area (TPSA) is 68.9 Å². The van der Waals surface area contributed by atoms with E-state index >= 15 is 0 Å². The maximum atomic E-state index is 13.6. The molecule has 0 spiro atoms. The highest BCUT2D eigenvalue weighted by atomic mass is 35.5. The molecule has 0 aliphatic heterocycles. The van der Waals surface area contributed by atoms with Gasteiger partial charge >= 0.3 is 5.69 Å². The Balaban J connectivity index is 1.98. The lowest BCUT2D eigenvalue weighted by atomic mass is 10.1. The fourth-order valence-corrected chi connectivity index (χ4v) is 3.12. The minimum absolute atomic E-state index is 0.0992. The van der Waals surface area contributed by atoms with Gasteiger partial charge in [0.25, 0.3) is 0 Å². The third-order valence-electron chi connectivity index (χ3n) is 4.33. The number of pyridine rings is 1. The number of aryl methyl sites for hydroxylation is 1. The van der Waals surface area contributed by atoms with E-state index in [2.05, 4.69) is 10.3 Å². The van der Waals surface area contributed by atoms with Crippen LogP contribution in [0.3, 0.4) is 0 Å². The van der Waals surface area contributed by atoms with Crippen molar-refractivity contribution in [1.82, 2.24) is 19.4 Å². The number of hydrogen-bond donors (Lipinski definition) is 1. The molecule has 2 aromatic heterocycles. The Hall–Kier alpha value is -2.67. The Morgan fingerprint density at radius 2 is 2.04 bits per heavy atom. The Bertz CT molecular complexity index is 1040. The Kier molecular flexibility index (Phi) is 5.60. The second kappa shape index (κ2) is 7.92. The van der Waals surface area contributed by atoms with E-state index in [-0.39, 0.29) is 23.2 Å². The smallest absolute Gasteiger partial charge is 0.330 e. The number of hydrogen-bond acceptors (Lipinski definition) is 3. The van der Waals surface area contributed by atoms with Crippen molar-refractivity contribution in [3.05, 3.63) is 51.8 Å². The molecular weight excluding hydrogens is 371 g/mol. The molecule has 0 aliphatic rings. The molecule has 142 valence electrons. The van der Waals surface area contributed by atoms with Crippen LogP contribution < -0.4 is 11.0 Å². The van der Waals surface area contributed by atoms with E-state index in [1.54, 1.807) is 25.4 Å². The molecule has 0 aliphatic carbocycles. The molecule has 0 bridgehead atoms. The lowest BCUT2D eigenvalue weighted by Gasteiger charge is -2.06. The standard InChI is InChI=1S/C19H20ClFN4O2/c1-3-4-5-22-17(26)11-25-18-16(24(2)19(25)27)8-13(10-23-18)12-6-14(20)9-15(21)7-12/h6-10H,3-5,11H2,1-2H3,(H,22,26). The molecule has 6 nitrogen and oxygen atoms in total. The quantitative estimate of drug-likeness (QED) is 0.657. The van der Waals surface area contributed by atoms with Crippen molar-refractivity contribution < 1.29 is 9.18 Å². The first kappa shape index (κ1) is 19.1. The number of nitrogens with one attached hydrogen (secondary N) is 1. The number of aromatic nitrogens is 3. The third-order valence-corrected chi connectivity index (χ3v) is 4.55. The molecular formula is C19H20ClFN4O2. The number of imidazole rings is 1. The largest absolute Gasteiger partial charge is 0.355 e.